The summed E-state index contributed by atoms with van der Waals surface area (Å²) in [5, 5.41) is 6.06. The number of H-pyrrole nitrogens is 1. The summed E-state index contributed by atoms with van der Waals surface area (Å²) < 4.78 is 2.38. The van der Waals surface area contributed by atoms with Crippen LogP contribution in [0, 0.1) is 0 Å². The highest BCUT2D eigenvalue weighted by molar-refractivity contribution is 9.10. The molecule has 0 aliphatic carbocycles. The van der Waals surface area contributed by atoms with Crippen LogP contribution in [0.4, 0.5) is 5.95 Å². The number of benzene rings is 1. The molecule has 0 saturated carbocycles. The number of aryl methyl sites for hydroxylation is 1. The van der Waals surface area contributed by atoms with E-state index in [9.17, 15) is 4.79 Å². The van der Waals surface area contributed by atoms with E-state index < -0.39 is 0 Å². The lowest BCUT2D eigenvalue weighted by Gasteiger charge is -2.02. The summed E-state index contributed by atoms with van der Waals surface area (Å²) in [6.07, 6.45) is 0.709. The number of hydrogen-bond donors (Lipinski definition) is 2. The number of aromatic nitrogens is 4. The van der Waals surface area contributed by atoms with Gasteiger partial charge in [0.15, 0.2) is 0 Å². The Morgan fingerprint density at radius 1 is 1.29 bits per heavy atom. The first kappa shape index (κ1) is 13.8. The molecular weight excluding hydrogens is 334 g/mol. The summed E-state index contributed by atoms with van der Waals surface area (Å²) in [5.41, 5.74) is 1.71. The second-order valence-electron chi connectivity index (χ2n) is 4.63. The third-order valence-corrected chi connectivity index (χ3v) is 3.65. The molecule has 0 bridgehead atoms. The van der Waals surface area contributed by atoms with Crippen LogP contribution in [0.5, 0.6) is 0 Å². The zero-order valence-corrected chi connectivity index (χ0v) is 13.0. The molecule has 0 spiro atoms. The monoisotopic (exact) mass is 347 g/mol. The van der Waals surface area contributed by atoms with Gasteiger partial charge in [-0.15, -0.1) is 0 Å². The summed E-state index contributed by atoms with van der Waals surface area (Å²) in [5.74, 6) is 0.911. The van der Waals surface area contributed by atoms with Crippen molar-refractivity contribution in [2.75, 3.05) is 5.32 Å². The molecule has 2 aromatic heterocycles. The Balaban J connectivity index is 1.83. The van der Waals surface area contributed by atoms with Crippen molar-refractivity contribution in [2.45, 2.75) is 19.9 Å². The molecule has 0 atom stereocenters. The number of anilines is 1. The highest BCUT2D eigenvalue weighted by Crippen LogP contribution is 2.11. The molecule has 21 heavy (non-hydrogen) atoms. The number of halogens is 1. The van der Waals surface area contributed by atoms with Crippen LogP contribution in [0.2, 0.25) is 0 Å². The molecular formula is C14H14BrN5O. The van der Waals surface area contributed by atoms with Crippen LogP contribution in [0.3, 0.4) is 0 Å². The molecule has 0 aliphatic rings. The van der Waals surface area contributed by atoms with Gasteiger partial charge in [0.05, 0.1) is 0 Å². The Bertz CT molecular complexity index is 821. The van der Waals surface area contributed by atoms with Crippen LogP contribution in [0.15, 0.2) is 39.6 Å². The van der Waals surface area contributed by atoms with Gasteiger partial charge in [-0.05, 0) is 24.1 Å². The maximum Gasteiger partial charge on any atom is 0.274 e. The third-order valence-electron chi connectivity index (χ3n) is 3.12. The van der Waals surface area contributed by atoms with E-state index in [1.54, 1.807) is 0 Å². The molecule has 0 radical (unpaired) electrons. The second kappa shape index (κ2) is 5.69. The van der Waals surface area contributed by atoms with E-state index in [1.165, 1.54) is 10.6 Å². The molecule has 6 nitrogen and oxygen atoms in total. The van der Waals surface area contributed by atoms with Gasteiger partial charge in [0.2, 0.25) is 5.95 Å². The average molecular weight is 348 g/mol. The van der Waals surface area contributed by atoms with Crippen LogP contribution in [-0.2, 0) is 13.0 Å². The van der Waals surface area contributed by atoms with Crippen molar-refractivity contribution < 1.29 is 0 Å². The van der Waals surface area contributed by atoms with Crippen LogP contribution in [-0.4, -0.2) is 19.6 Å². The molecule has 7 heteroatoms. The largest absolute Gasteiger partial charge is 0.351 e. The number of aromatic amines is 1. The van der Waals surface area contributed by atoms with E-state index in [2.05, 4.69) is 36.3 Å². The highest BCUT2D eigenvalue weighted by Gasteiger charge is 2.07. The molecule has 0 amide bonds. The smallest absolute Gasteiger partial charge is 0.274 e. The van der Waals surface area contributed by atoms with Crippen LogP contribution < -0.4 is 10.9 Å². The van der Waals surface area contributed by atoms with E-state index in [0.29, 0.717) is 24.7 Å². The fraction of sp³-hybridized carbons (Fsp3) is 0.214. The molecule has 0 unspecified atom stereocenters. The van der Waals surface area contributed by atoms with Crippen molar-refractivity contribution in [3.8, 4) is 0 Å². The zero-order valence-electron chi connectivity index (χ0n) is 11.4. The minimum atomic E-state index is -0.152. The summed E-state index contributed by atoms with van der Waals surface area (Å²) in [6.45, 7) is 2.57. The van der Waals surface area contributed by atoms with E-state index in [1.807, 2.05) is 31.2 Å². The molecule has 3 rings (SSSR count). The fourth-order valence-electron chi connectivity index (χ4n) is 1.98. The van der Waals surface area contributed by atoms with Gasteiger partial charge in [-0.3, -0.25) is 9.89 Å². The lowest BCUT2D eigenvalue weighted by Crippen LogP contribution is -2.15. The number of fused-ring (bicyclic) bond motifs is 1. The SMILES string of the molecule is CCc1cc(=O)n2[nH]c(NCc3ccc(Br)cc3)nc2n1. The van der Waals surface area contributed by atoms with Gasteiger partial charge < -0.3 is 5.32 Å². The van der Waals surface area contributed by atoms with E-state index in [-0.39, 0.29) is 5.56 Å². The second-order valence-corrected chi connectivity index (χ2v) is 5.54. The highest BCUT2D eigenvalue weighted by atomic mass is 79.9. The van der Waals surface area contributed by atoms with Gasteiger partial charge in [0.1, 0.15) is 0 Å². The lowest BCUT2D eigenvalue weighted by atomic mass is 10.2. The quantitative estimate of drug-likeness (QED) is 0.759. The van der Waals surface area contributed by atoms with Crippen LogP contribution >= 0.6 is 15.9 Å². The molecule has 3 aromatic rings. The van der Waals surface area contributed by atoms with Crippen molar-refractivity contribution in [2.24, 2.45) is 0 Å². The molecule has 108 valence electrons. The number of nitrogens with zero attached hydrogens (tertiary/aromatic N) is 3. The first-order valence-electron chi connectivity index (χ1n) is 6.62. The molecule has 2 heterocycles. The Morgan fingerprint density at radius 3 is 2.76 bits per heavy atom. The minimum Gasteiger partial charge on any atom is -0.351 e. The summed E-state index contributed by atoms with van der Waals surface area (Å²) in [6, 6.07) is 9.51. The molecule has 2 N–H and O–H groups in total. The van der Waals surface area contributed by atoms with Crippen LogP contribution in [0.1, 0.15) is 18.2 Å². The van der Waals surface area contributed by atoms with Crippen molar-refractivity contribution in [1.82, 2.24) is 19.6 Å². The van der Waals surface area contributed by atoms with Gasteiger partial charge in [-0.25, -0.2) is 4.98 Å². The number of rotatable bonds is 4. The topological polar surface area (TPSA) is 75.1 Å². The summed E-state index contributed by atoms with van der Waals surface area (Å²) in [4.78, 5) is 20.5. The Morgan fingerprint density at radius 2 is 2.05 bits per heavy atom. The Labute approximate surface area is 129 Å². The molecule has 1 aromatic carbocycles. The van der Waals surface area contributed by atoms with Gasteiger partial charge in [0.25, 0.3) is 11.3 Å². The Hall–Kier alpha value is -2.15. The lowest BCUT2D eigenvalue weighted by molar-refractivity contribution is 0.873. The molecule has 0 saturated heterocycles. The van der Waals surface area contributed by atoms with Gasteiger partial charge in [-0.1, -0.05) is 35.0 Å². The maximum absolute atomic E-state index is 11.9. The predicted molar refractivity (Wildman–Crippen MR) is 84.5 cm³/mol. The molecule has 0 aliphatic heterocycles. The van der Waals surface area contributed by atoms with E-state index >= 15 is 0 Å². The van der Waals surface area contributed by atoms with Crippen LogP contribution in [0.25, 0.3) is 5.78 Å². The van der Waals surface area contributed by atoms with E-state index in [0.717, 1.165) is 15.7 Å². The summed E-state index contributed by atoms with van der Waals surface area (Å²) >= 11 is 3.40. The maximum atomic E-state index is 11.9. The summed E-state index contributed by atoms with van der Waals surface area (Å²) in [7, 11) is 0. The average Bonchev–Trinajstić information content (AvgIpc) is 2.90. The zero-order chi connectivity index (χ0) is 14.8. The van der Waals surface area contributed by atoms with Gasteiger partial charge in [-0.2, -0.15) is 9.50 Å². The Kier molecular flexibility index (Phi) is 3.74. The third kappa shape index (κ3) is 2.97. The van der Waals surface area contributed by atoms with Crippen molar-refractivity contribution in [1.29, 1.82) is 0 Å². The number of nitrogens with one attached hydrogen (secondary N) is 2. The standard InChI is InChI=1S/C14H14BrN5O/c1-2-11-7-12(21)20-14(17-11)18-13(19-20)16-8-9-3-5-10(15)6-4-9/h3-7H,2,8H2,1H3,(H2,16,17,18,19). The van der Waals surface area contributed by atoms with E-state index in [4.69, 9.17) is 0 Å². The fourth-order valence-corrected chi connectivity index (χ4v) is 2.24. The van der Waals surface area contributed by atoms with Gasteiger partial charge >= 0.3 is 0 Å². The molecule has 0 fully saturated rings. The minimum absolute atomic E-state index is 0.152. The first-order valence-corrected chi connectivity index (χ1v) is 7.42. The van der Waals surface area contributed by atoms with Crippen molar-refractivity contribution in [3.05, 3.63) is 56.4 Å². The number of hydrogen-bond acceptors (Lipinski definition) is 4. The predicted octanol–water partition coefficient (Wildman–Crippen LogP) is 2.35. The van der Waals surface area contributed by atoms with Gasteiger partial charge in [0, 0.05) is 22.8 Å². The van der Waals surface area contributed by atoms with Crippen molar-refractivity contribution >= 4 is 27.7 Å². The first-order chi connectivity index (χ1) is 10.2. The van der Waals surface area contributed by atoms with Crippen molar-refractivity contribution in [3.63, 3.8) is 0 Å². The normalized spacial score (nSPS) is 11.0.